The van der Waals surface area contributed by atoms with E-state index in [1.165, 1.54) is 6.26 Å². The molecule has 1 saturated heterocycles. The van der Waals surface area contributed by atoms with Crippen molar-refractivity contribution in [1.82, 2.24) is 4.98 Å². The summed E-state index contributed by atoms with van der Waals surface area (Å²) in [4.78, 5) is 8.73. The van der Waals surface area contributed by atoms with Gasteiger partial charge in [-0.25, -0.2) is 8.42 Å². The van der Waals surface area contributed by atoms with Gasteiger partial charge in [0.05, 0.1) is 18.3 Å². The molecule has 2 aromatic heterocycles. The Hall–Kier alpha value is -3.72. The molecule has 0 spiro atoms. The Morgan fingerprint density at radius 3 is 2.21 bits per heavy atom. The lowest BCUT2D eigenvalue weighted by Crippen LogP contribution is -2.46. The largest absolute Gasteiger partial charge is 0.497 e. The third kappa shape index (κ3) is 4.14. The summed E-state index contributed by atoms with van der Waals surface area (Å²) >= 11 is 0. The zero-order valence-electron chi connectivity index (χ0n) is 19.0. The summed E-state index contributed by atoms with van der Waals surface area (Å²) in [6.07, 6.45) is 1.50. The van der Waals surface area contributed by atoms with Crippen LogP contribution in [0.2, 0.25) is 0 Å². The maximum atomic E-state index is 13.5. The first-order valence-electron chi connectivity index (χ1n) is 11.0. The number of piperazine rings is 1. The lowest BCUT2D eigenvalue weighted by Gasteiger charge is -2.36. The Morgan fingerprint density at radius 1 is 0.912 bits per heavy atom. The molecule has 0 saturated carbocycles. The first kappa shape index (κ1) is 22.1. The highest BCUT2D eigenvalue weighted by Gasteiger charge is 2.33. The number of furan rings is 1. The second-order valence-corrected chi connectivity index (χ2v) is 9.96. The van der Waals surface area contributed by atoms with Gasteiger partial charge in [0.2, 0.25) is 20.7 Å². The maximum Gasteiger partial charge on any atom is 0.266 e. The van der Waals surface area contributed by atoms with Crippen LogP contribution in [-0.4, -0.2) is 46.7 Å². The number of rotatable bonds is 6. The average molecular weight is 480 g/mol. The molecule has 3 heterocycles. The van der Waals surface area contributed by atoms with Crippen LogP contribution in [-0.2, 0) is 9.84 Å². The summed E-state index contributed by atoms with van der Waals surface area (Å²) < 4.78 is 43.7. The molecule has 0 bridgehead atoms. The number of sulfone groups is 1. The van der Waals surface area contributed by atoms with Crippen LogP contribution in [0.1, 0.15) is 5.56 Å². The predicted octanol–water partition coefficient (Wildman–Crippen LogP) is 4.41. The highest BCUT2D eigenvalue weighted by Crippen LogP contribution is 2.35. The highest BCUT2D eigenvalue weighted by atomic mass is 32.2. The molecule has 1 fully saturated rings. The van der Waals surface area contributed by atoms with Crippen molar-refractivity contribution in [3.63, 3.8) is 0 Å². The lowest BCUT2D eigenvalue weighted by atomic mass is 10.2. The van der Waals surface area contributed by atoms with Crippen LogP contribution in [0.5, 0.6) is 5.75 Å². The number of benzene rings is 2. The second kappa shape index (κ2) is 8.90. The van der Waals surface area contributed by atoms with Crippen molar-refractivity contribution >= 4 is 21.4 Å². The zero-order chi connectivity index (χ0) is 23.7. The molecule has 2 aromatic carbocycles. The topological polar surface area (TPSA) is 89.0 Å². The fourth-order valence-corrected chi connectivity index (χ4v) is 5.29. The first-order valence-corrected chi connectivity index (χ1v) is 12.4. The van der Waals surface area contributed by atoms with Gasteiger partial charge in [-0.2, -0.15) is 4.98 Å². The van der Waals surface area contributed by atoms with E-state index < -0.39 is 9.84 Å². The Balaban J connectivity index is 1.45. The van der Waals surface area contributed by atoms with Crippen molar-refractivity contribution in [3.05, 3.63) is 72.5 Å². The number of hydrogen-bond donors (Lipinski definition) is 0. The summed E-state index contributed by atoms with van der Waals surface area (Å²) in [5, 5.41) is -0.0966. The standard InChI is InChI=1S/C25H25N3O5S/c1-18-5-11-21(12-6-18)34(29,30)24-25(33-23(26-24)22-4-3-17-32-22)28-15-13-27(14-16-28)19-7-9-20(31-2)10-8-19/h3-12,17H,13-16H2,1-2H3. The van der Waals surface area contributed by atoms with Gasteiger partial charge in [0.15, 0.2) is 5.76 Å². The normalized spacial score (nSPS) is 14.4. The van der Waals surface area contributed by atoms with Gasteiger partial charge >= 0.3 is 0 Å². The van der Waals surface area contributed by atoms with Crippen LogP contribution in [0.3, 0.4) is 0 Å². The molecule has 5 rings (SSSR count). The van der Waals surface area contributed by atoms with Gasteiger partial charge in [0.25, 0.3) is 5.89 Å². The van der Waals surface area contributed by atoms with Gasteiger partial charge < -0.3 is 23.4 Å². The fourth-order valence-electron chi connectivity index (χ4n) is 3.97. The van der Waals surface area contributed by atoms with E-state index >= 15 is 0 Å². The Bertz CT molecular complexity index is 1350. The molecule has 1 aliphatic heterocycles. The molecule has 0 unspecified atom stereocenters. The van der Waals surface area contributed by atoms with Gasteiger partial charge in [-0.3, -0.25) is 0 Å². The van der Waals surface area contributed by atoms with Crippen molar-refractivity contribution in [2.45, 2.75) is 16.8 Å². The van der Waals surface area contributed by atoms with Gasteiger partial charge in [0, 0.05) is 31.9 Å². The van der Waals surface area contributed by atoms with Crippen molar-refractivity contribution in [2.75, 3.05) is 43.1 Å². The van der Waals surface area contributed by atoms with Gasteiger partial charge in [-0.1, -0.05) is 17.7 Å². The summed E-state index contributed by atoms with van der Waals surface area (Å²) in [5.41, 5.74) is 2.06. The third-order valence-corrected chi connectivity index (χ3v) is 7.57. The lowest BCUT2D eigenvalue weighted by molar-refractivity contribution is 0.415. The monoisotopic (exact) mass is 479 g/mol. The molecule has 0 N–H and O–H groups in total. The number of oxazole rings is 1. The Labute approximate surface area is 198 Å². The average Bonchev–Trinajstić information content (AvgIpc) is 3.55. The van der Waals surface area contributed by atoms with E-state index in [2.05, 4.69) is 9.88 Å². The maximum absolute atomic E-state index is 13.5. The van der Waals surface area contributed by atoms with E-state index in [0.29, 0.717) is 31.9 Å². The second-order valence-electron chi connectivity index (χ2n) is 8.10. The van der Waals surface area contributed by atoms with Crippen molar-refractivity contribution in [3.8, 4) is 17.4 Å². The molecule has 9 heteroatoms. The van der Waals surface area contributed by atoms with E-state index in [4.69, 9.17) is 13.6 Å². The molecule has 176 valence electrons. The molecule has 0 radical (unpaired) electrons. The number of aryl methyl sites for hydroxylation is 1. The van der Waals surface area contributed by atoms with E-state index in [1.807, 2.05) is 36.1 Å². The van der Waals surface area contributed by atoms with Crippen molar-refractivity contribution in [2.24, 2.45) is 0 Å². The number of aromatic nitrogens is 1. The van der Waals surface area contributed by atoms with Crippen LogP contribution in [0.25, 0.3) is 11.7 Å². The number of hydrogen-bond acceptors (Lipinski definition) is 8. The highest BCUT2D eigenvalue weighted by molar-refractivity contribution is 7.91. The third-order valence-electron chi connectivity index (χ3n) is 5.90. The molecular weight excluding hydrogens is 454 g/mol. The molecule has 34 heavy (non-hydrogen) atoms. The molecule has 4 aromatic rings. The summed E-state index contributed by atoms with van der Waals surface area (Å²) in [6, 6.07) is 18.0. The summed E-state index contributed by atoms with van der Waals surface area (Å²) in [7, 11) is -2.25. The predicted molar refractivity (Wildman–Crippen MR) is 128 cm³/mol. The minimum absolute atomic E-state index is 0.0966. The number of nitrogens with zero attached hydrogens (tertiary/aromatic N) is 3. The minimum atomic E-state index is -3.90. The van der Waals surface area contributed by atoms with Crippen LogP contribution >= 0.6 is 0 Å². The summed E-state index contributed by atoms with van der Waals surface area (Å²) in [6.45, 7) is 4.47. The SMILES string of the molecule is COc1ccc(N2CCN(c3oc(-c4ccco4)nc3S(=O)(=O)c3ccc(C)cc3)CC2)cc1. The fraction of sp³-hybridized carbons (Fsp3) is 0.240. The smallest absolute Gasteiger partial charge is 0.266 e. The molecular formula is C25H25N3O5S. The van der Waals surface area contributed by atoms with Crippen molar-refractivity contribution in [1.29, 1.82) is 0 Å². The van der Waals surface area contributed by atoms with Crippen LogP contribution in [0, 0.1) is 6.92 Å². The number of methoxy groups -OCH3 is 1. The van der Waals surface area contributed by atoms with Crippen molar-refractivity contribution < 1.29 is 22.0 Å². The van der Waals surface area contributed by atoms with Crippen LogP contribution < -0.4 is 14.5 Å². The molecule has 0 aliphatic carbocycles. The van der Waals surface area contributed by atoms with Crippen LogP contribution in [0.15, 0.2) is 85.7 Å². The van der Waals surface area contributed by atoms with E-state index in [1.54, 1.807) is 43.5 Å². The van der Waals surface area contributed by atoms with Gasteiger partial charge in [-0.15, -0.1) is 0 Å². The first-order chi connectivity index (χ1) is 16.5. The minimum Gasteiger partial charge on any atom is -0.497 e. The Kier molecular flexibility index (Phi) is 5.79. The van der Waals surface area contributed by atoms with Gasteiger partial charge in [-0.05, 0) is 55.5 Å². The zero-order valence-corrected chi connectivity index (χ0v) is 19.8. The van der Waals surface area contributed by atoms with Crippen LogP contribution in [0.4, 0.5) is 11.6 Å². The molecule has 0 atom stereocenters. The molecule has 0 amide bonds. The van der Waals surface area contributed by atoms with Gasteiger partial charge in [0.1, 0.15) is 5.75 Å². The van der Waals surface area contributed by atoms with E-state index in [0.717, 1.165) is 17.0 Å². The quantitative estimate of drug-likeness (QED) is 0.402. The number of anilines is 2. The number of ether oxygens (including phenoxy) is 1. The summed E-state index contributed by atoms with van der Waals surface area (Å²) in [5.74, 6) is 1.56. The molecule has 1 aliphatic rings. The Morgan fingerprint density at radius 2 is 1.59 bits per heavy atom. The van der Waals surface area contributed by atoms with E-state index in [-0.39, 0.29) is 21.7 Å². The van der Waals surface area contributed by atoms with E-state index in [9.17, 15) is 8.42 Å². The molecule has 8 nitrogen and oxygen atoms in total.